The number of β-lactam (4-membered cyclic amide) rings is 1. The highest BCUT2D eigenvalue weighted by molar-refractivity contribution is 5.87. The molecule has 1 aliphatic heterocycles. The lowest BCUT2D eigenvalue weighted by molar-refractivity contribution is -0.143. The zero-order chi connectivity index (χ0) is 9.30. The van der Waals surface area contributed by atoms with Crippen molar-refractivity contribution >= 4 is 12.2 Å². The average molecular weight is 171 g/mol. The maximum Gasteiger partial charge on any atom is 0.228 e. The number of carbonyl (C=O) groups is 2. The molecule has 0 aromatic rings. The van der Waals surface area contributed by atoms with Gasteiger partial charge in [-0.1, -0.05) is 6.92 Å². The van der Waals surface area contributed by atoms with Crippen molar-refractivity contribution in [2.45, 2.75) is 26.0 Å². The van der Waals surface area contributed by atoms with Crippen LogP contribution in [0.4, 0.5) is 0 Å². The average Bonchev–Trinajstić information content (AvgIpc) is 1.97. The van der Waals surface area contributed by atoms with Gasteiger partial charge in [0.05, 0.1) is 18.1 Å². The Morgan fingerprint density at radius 1 is 1.58 bits per heavy atom. The predicted octanol–water partition coefficient (Wildman–Crippen LogP) is -0.683. The second-order valence-electron chi connectivity index (χ2n) is 3.30. The summed E-state index contributed by atoms with van der Waals surface area (Å²) in [7, 11) is 0. The van der Waals surface area contributed by atoms with Gasteiger partial charge in [0.25, 0.3) is 0 Å². The summed E-state index contributed by atoms with van der Waals surface area (Å²) in [6, 6.07) is -0.185. The lowest BCUT2D eigenvalue weighted by Crippen LogP contribution is -2.64. The van der Waals surface area contributed by atoms with Crippen molar-refractivity contribution in [3.8, 4) is 0 Å². The Bertz CT molecular complexity index is 202. The largest absolute Gasteiger partial charge is 0.393 e. The van der Waals surface area contributed by atoms with E-state index in [-0.39, 0.29) is 17.9 Å². The fourth-order valence-electron chi connectivity index (χ4n) is 1.48. The Kier molecular flexibility index (Phi) is 2.47. The molecule has 0 saturated carbocycles. The highest BCUT2D eigenvalue weighted by atomic mass is 16.3. The first-order chi connectivity index (χ1) is 5.57. The van der Waals surface area contributed by atoms with E-state index >= 15 is 0 Å². The summed E-state index contributed by atoms with van der Waals surface area (Å²) in [5, 5.41) is 11.8. The lowest BCUT2D eigenvalue weighted by atomic mass is 9.79. The molecule has 1 heterocycles. The molecule has 0 bridgehead atoms. The maximum atomic E-state index is 10.9. The number of rotatable bonds is 3. The van der Waals surface area contributed by atoms with E-state index in [0.29, 0.717) is 0 Å². The summed E-state index contributed by atoms with van der Waals surface area (Å²) in [5.41, 5.74) is 0. The summed E-state index contributed by atoms with van der Waals surface area (Å²) >= 11 is 0. The third kappa shape index (κ3) is 1.34. The first kappa shape index (κ1) is 9.19. The van der Waals surface area contributed by atoms with Crippen molar-refractivity contribution in [3.63, 3.8) is 0 Å². The van der Waals surface area contributed by atoms with Gasteiger partial charge >= 0.3 is 0 Å². The van der Waals surface area contributed by atoms with Gasteiger partial charge in [0.15, 0.2) is 0 Å². The van der Waals surface area contributed by atoms with Crippen LogP contribution in [0.25, 0.3) is 0 Å². The number of nitrogens with one attached hydrogen (secondary N) is 1. The number of aldehydes is 1. The van der Waals surface area contributed by atoms with E-state index in [1.165, 1.54) is 0 Å². The molecule has 12 heavy (non-hydrogen) atoms. The van der Waals surface area contributed by atoms with Crippen molar-refractivity contribution in [3.05, 3.63) is 0 Å². The molecule has 4 nitrogen and oxygen atoms in total. The summed E-state index contributed by atoms with van der Waals surface area (Å²) < 4.78 is 0. The van der Waals surface area contributed by atoms with Crippen molar-refractivity contribution in [2.24, 2.45) is 11.8 Å². The van der Waals surface area contributed by atoms with Gasteiger partial charge in [0.1, 0.15) is 6.29 Å². The normalized spacial score (nSPS) is 33.1. The number of aliphatic hydroxyl groups is 1. The van der Waals surface area contributed by atoms with Crippen molar-refractivity contribution in [1.82, 2.24) is 5.32 Å². The topological polar surface area (TPSA) is 66.4 Å². The highest BCUT2D eigenvalue weighted by Crippen LogP contribution is 2.24. The molecule has 1 aliphatic rings. The minimum atomic E-state index is -0.675. The van der Waals surface area contributed by atoms with E-state index in [9.17, 15) is 14.7 Å². The van der Waals surface area contributed by atoms with E-state index in [1.807, 2.05) is 0 Å². The van der Waals surface area contributed by atoms with Gasteiger partial charge in [-0.3, -0.25) is 4.79 Å². The third-order valence-electron chi connectivity index (χ3n) is 2.30. The smallest absolute Gasteiger partial charge is 0.228 e. The van der Waals surface area contributed by atoms with Gasteiger partial charge in [-0.25, -0.2) is 0 Å². The van der Waals surface area contributed by atoms with Crippen molar-refractivity contribution in [2.75, 3.05) is 0 Å². The molecular formula is C8H13NO3. The highest BCUT2D eigenvalue weighted by Gasteiger charge is 2.44. The number of hydrogen-bond acceptors (Lipinski definition) is 3. The zero-order valence-corrected chi connectivity index (χ0v) is 7.15. The van der Waals surface area contributed by atoms with Gasteiger partial charge < -0.3 is 15.2 Å². The Morgan fingerprint density at radius 3 is 2.50 bits per heavy atom. The number of hydrogen-bond donors (Lipinski definition) is 2. The van der Waals surface area contributed by atoms with Crippen LogP contribution in [-0.4, -0.2) is 29.4 Å². The molecule has 0 aromatic heterocycles. The standard InChI is InChI=1S/C8H13NO3/c1-4(3-10)7-6(5(2)11)8(12)9-7/h3-7,11H,1-2H3,(H,9,12)/t4-,5?,6-,7-/m1/s1. The van der Waals surface area contributed by atoms with Crippen LogP contribution in [0.5, 0.6) is 0 Å². The predicted molar refractivity (Wildman–Crippen MR) is 42.3 cm³/mol. The molecule has 0 aromatic carbocycles. The molecule has 1 rings (SSSR count). The van der Waals surface area contributed by atoms with Crippen LogP contribution >= 0.6 is 0 Å². The van der Waals surface area contributed by atoms with Crippen LogP contribution in [0.2, 0.25) is 0 Å². The molecule has 1 saturated heterocycles. The Hall–Kier alpha value is -0.900. The lowest BCUT2D eigenvalue weighted by Gasteiger charge is -2.40. The Labute approximate surface area is 71.0 Å². The molecule has 0 spiro atoms. The first-order valence-electron chi connectivity index (χ1n) is 4.01. The molecule has 0 radical (unpaired) electrons. The number of amides is 1. The fraction of sp³-hybridized carbons (Fsp3) is 0.750. The Balaban J connectivity index is 2.59. The fourth-order valence-corrected chi connectivity index (χ4v) is 1.48. The van der Waals surface area contributed by atoms with Gasteiger partial charge in [-0.15, -0.1) is 0 Å². The quantitative estimate of drug-likeness (QED) is 0.436. The molecule has 1 amide bonds. The van der Waals surface area contributed by atoms with E-state index < -0.39 is 12.0 Å². The molecule has 4 heteroatoms. The molecule has 4 atom stereocenters. The molecule has 0 aliphatic carbocycles. The third-order valence-corrected chi connectivity index (χ3v) is 2.30. The van der Waals surface area contributed by atoms with Gasteiger partial charge in [-0.05, 0) is 6.92 Å². The zero-order valence-electron chi connectivity index (χ0n) is 7.15. The van der Waals surface area contributed by atoms with Gasteiger partial charge in [-0.2, -0.15) is 0 Å². The van der Waals surface area contributed by atoms with E-state index in [0.717, 1.165) is 6.29 Å². The SMILES string of the molecule is CC(O)[C@H]1C(=O)N[C@@H]1[C@H](C)C=O. The van der Waals surface area contributed by atoms with Crippen LogP contribution in [0.1, 0.15) is 13.8 Å². The molecule has 2 N–H and O–H groups in total. The summed E-state index contributed by atoms with van der Waals surface area (Å²) in [5.74, 6) is -0.795. The molecule has 1 unspecified atom stereocenters. The minimum Gasteiger partial charge on any atom is -0.393 e. The first-order valence-corrected chi connectivity index (χ1v) is 4.01. The van der Waals surface area contributed by atoms with E-state index in [1.54, 1.807) is 13.8 Å². The Morgan fingerprint density at radius 2 is 2.17 bits per heavy atom. The molecule has 1 fully saturated rings. The van der Waals surface area contributed by atoms with Crippen LogP contribution in [0.3, 0.4) is 0 Å². The second kappa shape index (κ2) is 3.23. The number of carbonyl (C=O) groups excluding carboxylic acids is 2. The van der Waals surface area contributed by atoms with Gasteiger partial charge in [0.2, 0.25) is 5.91 Å². The molecule has 68 valence electrons. The minimum absolute atomic E-state index is 0.163. The summed E-state index contributed by atoms with van der Waals surface area (Å²) in [6.07, 6.45) is 0.116. The summed E-state index contributed by atoms with van der Waals surface area (Å²) in [4.78, 5) is 21.3. The molecular weight excluding hydrogens is 158 g/mol. The van der Waals surface area contributed by atoms with Crippen LogP contribution in [0, 0.1) is 11.8 Å². The van der Waals surface area contributed by atoms with Crippen LogP contribution in [-0.2, 0) is 9.59 Å². The van der Waals surface area contributed by atoms with Crippen LogP contribution in [0.15, 0.2) is 0 Å². The maximum absolute atomic E-state index is 10.9. The van der Waals surface area contributed by atoms with Crippen molar-refractivity contribution in [1.29, 1.82) is 0 Å². The van der Waals surface area contributed by atoms with E-state index in [4.69, 9.17) is 0 Å². The van der Waals surface area contributed by atoms with Crippen molar-refractivity contribution < 1.29 is 14.7 Å². The van der Waals surface area contributed by atoms with Crippen LogP contribution < -0.4 is 5.32 Å². The van der Waals surface area contributed by atoms with E-state index in [2.05, 4.69) is 5.32 Å². The number of aliphatic hydroxyl groups excluding tert-OH is 1. The summed E-state index contributed by atoms with van der Waals surface area (Å²) in [6.45, 7) is 3.29. The second-order valence-corrected chi connectivity index (χ2v) is 3.30. The van der Waals surface area contributed by atoms with Gasteiger partial charge in [0, 0.05) is 5.92 Å². The monoisotopic (exact) mass is 171 g/mol.